The van der Waals surface area contributed by atoms with Gasteiger partial charge in [-0.3, -0.25) is 0 Å². The quantitative estimate of drug-likeness (QED) is 0.736. The minimum Gasteiger partial charge on any atom is -0.327 e. The normalized spacial score (nSPS) is 30.6. The molecule has 1 heterocycles. The van der Waals surface area contributed by atoms with Crippen LogP contribution in [-0.2, 0) is 0 Å². The molecule has 0 spiro atoms. The summed E-state index contributed by atoms with van der Waals surface area (Å²) in [6.45, 7) is 12.8. The third-order valence-electron chi connectivity index (χ3n) is 3.23. The van der Waals surface area contributed by atoms with Crippen molar-refractivity contribution in [3.63, 3.8) is 0 Å². The van der Waals surface area contributed by atoms with Crippen LogP contribution >= 0.6 is 0 Å². The van der Waals surface area contributed by atoms with Crippen molar-refractivity contribution in [3.05, 3.63) is 0 Å². The summed E-state index contributed by atoms with van der Waals surface area (Å²) in [5, 5.41) is 0. The Kier molecular flexibility index (Phi) is 3.96. The van der Waals surface area contributed by atoms with Crippen LogP contribution in [0.4, 0.5) is 0 Å². The molecule has 0 aromatic carbocycles. The molecule has 2 nitrogen and oxygen atoms in total. The van der Waals surface area contributed by atoms with Crippen LogP contribution in [0.1, 0.15) is 40.5 Å². The highest BCUT2D eigenvalue weighted by molar-refractivity contribution is 4.80. The van der Waals surface area contributed by atoms with Gasteiger partial charge in [0.05, 0.1) is 0 Å². The average molecular weight is 198 g/mol. The van der Waals surface area contributed by atoms with Crippen molar-refractivity contribution in [2.24, 2.45) is 17.1 Å². The van der Waals surface area contributed by atoms with Gasteiger partial charge in [-0.1, -0.05) is 27.7 Å². The lowest BCUT2D eigenvalue weighted by molar-refractivity contribution is 0.147. The Balaban J connectivity index is 2.27. The molecule has 14 heavy (non-hydrogen) atoms. The number of hydrogen-bond donors (Lipinski definition) is 1. The molecule has 1 rings (SSSR count). The summed E-state index contributed by atoms with van der Waals surface area (Å²) >= 11 is 0. The van der Waals surface area contributed by atoms with E-state index in [1.165, 1.54) is 32.5 Å². The van der Waals surface area contributed by atoms with Crippen LogP contribution in [0.25, 0.3) is 0 Å². The standard InChI is InChI=1S/C12H26N2/c1-10-9-14(7-5-11(10)13)8-6-12(2,3)4/h10-11H,5-9,13H2,1-4H3. The van der Waals surface area contributed by atoms with Gasteiger partial charge in [-0.05, 0) is 37.3 Å². The minimum absolute atomic E-state index is 0.431. The van der Waals surface area contributed by atoms with Crippen molar-refractivity contribution in [1.82, 2.24) is 4.90 Å². The Morgan fingerprint density at radius 1 is 1.36 bits per heavy atom. The van der Waals surface area contributed by atoms with E-state index < -0.39 is 0 Å². The highest BCUT2D eigenvalue weighted by Crippen LogP contribution is 2.21. The number of hydrogen-bond acceptors (Lipinski definition) is 2. The molecule has 84 valence electrons. The molecule has 2 unspecified atom stereocenters. The van der Waals surface area contributed by atoms with Gasteiger partial charge in [0.1, 0.15) is 0 Å². The van der Waals surface area contributed by atoms with Crippen molar-refractivity contribution in [2.75, 3.05) is 19.6 Å². The van der Waals surface area contributed by atoms with Gasteiger partial charge in [-0.15, -0.1) is 0 Å². The van der Waals surface area contributed by atoms with Crippen LogP contribution < -0.4 is 5.73 Å². The van der Waals surface area contributed by atoms with E-state index in [0.717, 1.165) is 0 Å². The molecule has 0 saturated carbocycles. The summed E-state index contributed by atoms with van der Waals surface area (Å²) in [6, 6.07) is 0.431. The van der Waals surface area contributed by atoms with E-state index in [-0.39, 0.29) is 0 Å². The molecule has 1 aliphatic rings. The van der Waals surface area contributed by atoms with Gasteiger partial charge in [-0.25, -0.2) is 0 Å². The second-order valence-electron chi connectivity index (χ2n) is 6.04. The van der Waals surface area contributed by atoms with Gasteiger partial charge in [0, 0.05) is 12.6 Å². The third kappa shape index (κ3) is 3.97. The number of nitrogens with zero attached hydrogens (tertiary/aromatic N) is 1. The highest BCUT2D eigenvalue weighted by atomic mass is 15.1. The molecule has 1 aliphatic heterocycles. The first-order chi connectivity index (χ1) is 6.38. The lowest BCUT2D eigenvalue weighted by Gasteiger charge is -2.36. The predicted molar refractivity (Wildman–Crippen MR) is 62.3 cm³/mol. The fourth-order valence-corrected chi connectivity index (χ4v) is 1.95. The Morgan fingerprint density at radius 2 is 2.00 bits per heavy atom. The second-order valence-corrected chi connectivity index (χ2v) is 6.04. The number of nitrogens with two attached hydrogens (primary N) is 1. The van der Waals surface area contributed by atoms with Crippen molar-refractivity contribution in [1.29, 1.82) is 0 Å². The molecule has 1 saturated heterocycles. The maximum absolute atomic E-state index is 6.00. The monoisotopic (exact) mass is 198 g/mol. The summed E-state index contributed by atoms with van der Waals surface area (Å²) in [4.78, 5) is 2.57. The van der Waals surface area contributed by atoms with Crippen LogP contribution in [0.2, 0.25) is 0 Å². The zero-order valence-electron chi connectivity index (χ0n) is 10.2. The molecule has 0 amide bonds. The molecule has 0 bridgehead atoms. The first-order valence-electron chi connectivity index (χ1n) is 5.86. The maximum atomic E-state index is 6.00. The Labute approximate surface area is 88.8 Å². The molecular formula is C12H26N2. The van der Waals surface area contributed by atoms with E-state index in [1.807, 2.05) is 0 Å². The van der Waals surface area contributed by atoms with E-state index in [9.17, 15) is 0 Å². The molecule has 0 aliphatic carbocycles. The van der Waals surface area contributed by atoms with Gasteiger partial charge in [0.15, 0.2) is 0 Å². The van der Waals surface area contributed by atoms with Crippen LogP contribution in [0.3, 0.4) is 0 Å². The van der Waals surface area contributed by atoms with Crippen LogP contribution in [0, 0.1) is 11.3 Å². The van der Waals surface area contributed by atoms with Crippen molar-refractivity contribution >= 4 is 0 Å². The molecule has 2 atom stereocenters. The van der Waals surface area contributed by atoms with E-state index in [0.29, 0.717) is 17.4 Å². The van der Waals surface area contributed by atoms with E-state index in [2.05, 4.69) is 32.6 Å². The fourth-order valence-electron chi connectivity index (χ4n) is 1.95. The van der Waals surface area contributed by atoms with Gasteiger partial charge < -0.3 is 10.6 Å². The van der Waals surface area contributed by atoms with Crippen LogP contribution in [0.5, 0.6) is 0 Å². The topological polar surface area (TPSA) is 29.3 Å². The van der Waals surface area contributed by atoms with Crippen molar-refractivity contribution in [2.45, 2.75) is 46.6 Å². The third-order valence-corrected chi connectivity index (χ3v) is 3.23. The zero-order chi connectivity index (χ0) is 10.8. The van der Waals surface area contributed by atoms with Crippen LogP contribution in [0.15, 0.2) is 0 Å². The molecule has 0 aromatic rings. The number of piperidine rings is 1. The molecule has 2 heteroatoms. The number of likely N-dealkylation sites (tertiary alicyclic amines) is 1. The summed E-state index contributed by atoms with van der Waals surface area (Å²) < 4.78 is 0. The zero-order valence-corrected chi connectivity index (χ0v) is 10.2. The Hall–Kier alpha value is -0.0800. The second kappa shape index (κ2) is 4.63. The maximum Gasteiger partial charge on any atom is 0.00889 e. The van der Waals surface area contributed by atoms with E-state index in [1.54, 1.807) is 0 Å². The highest BCUT2D eigenvalue weighted by Gasteiger charge is 2.23. The van der Waals surface area contributed by atoms with Crippen molar-refractivity contribution < 1.29 is 0 Å². The largest absolute Gasteiger partial charge is 0.327 e. The van der Waals surface area contributed by atoms with Gasteiger partial charge in [0.2, 0.25) is 0 Å². The van der Waals surface area contributed by atoms with E-state index >= 15 is 0 Å². The molecule has 0 aromatic heterocycles. The van der Waals surface area contributed by atoms with Crippen molar-refractivity contribution in [3.8, 4) is 0 Å². The first-order valence-corrected chi connectivity index (χ1v) is 5.86. The number of rotatable bonds is 2. The minimum atomic E-state index is 0.431. The van der Waals surface area contributed by atoms with Crippen LogP contribution in [-0.4, -0.2) is 30.6 Å². The molecule has 1 fully saturated rings. The summed E-state index contributed by atoms with van der Waals surface area (Å²) in [5.74, 6) is 0.670. The van der Waals surface area contributed by atoms with Gasteiger partial charge >= 0.3 is 0 Å². The predicted octanol–water partition coefficient (Wildman–Crippen LogP) is 2.09. The SMILES string of the molecule is CC1CN(CCC(C)(C)C)CCC1N. The summed E-state index contributed by atoms with van der Waals surface area (Å²) in [7, 11) is 0. The smallest absolute Gasteiger partial charge is 0.00889 e. The average Bonchev–Trinajstić information content (AvgIpc) is 2.06. The lowest BCUT2D eigenvalue weighted by Crippen LogP contribution is -2.46. The molecular weight excluding hydrogens is 172 g/mol. The molecule has 0 radical (unpaired) electrons. The fraction of sp³-hybridized carbons (Fsp3) is 1.00. The first kappa shape index (κ1) is 12.0. The lowest BCUT2D eigenvalue weighted by atomic mass is 9.90. The molecule has 2 N–H and O–H groups in total. The van der Waals surface area contributed by atoms with Gasteiger partial charge in [-0.2, -0.15) is 0 Å². The summed E-state index contributed by atoms with van der Waals surface area (Å²) in [5.41, 5.74) is 6.46. The summed E-state index contributed by atoms with van der Waals surface area (Å²) in [6.07, 6.45) is 2.46. The Morgan fingerprint density at radius 3 is 2.50 bits per heavy atom. The van der Waals surface area contributed by atoms with E-state index in [4.69, 9.17) is 5.73 Å². The Bertz CT molecular complexity index is 172. The van der Waals surface area contributed by atoms with Gasteiger partial charge in [0.25, 0.3) is 0 Å².